The summed E-state index contributed by atoms with van der Waals surface area (Å²) in [7, 11) is 0. The van der Waals surface area contributed by atoms with Gasteiger partial charge in [0.25, 0.3) is 0 Å². The Morgan fingerprint density at radius 3 is 2.12 bits per heavy atom. The molecule has 3 fully saturated rings. The van der Waals surface area contributed by atoms with Crippen LogP contribution in [0, 0.1) is 0 Å². The second kappa shape index (κ2) is 5.27. The van der Waals surface area contributed by atoms with Crippen LogP contribution in [-0.4, -0.2) is 24.3 Å². The van der Waals surface area contributed by atoms with Gasteiger partial charge in [0.15, 0.2) is 0 Å². The Morgan fingerprint density at radius 1 is 0.882 bits per heavy atom. The van der Waals surface area contributed by atoms with Gasteiger partial charge >= 0.3 is 0 Å². The quantitative estimate of drug-likeness (QED) is 0.740. The topological polar surface area (TPSA) is 21.3 Å². The zero-order chi connectivity index (χ0) is 11.6. The molecule has 3 saturated carbocycles. The lowest BCUT2D eigenvalue weighted by atomic mass is 9.90. The van der Waals surface area contributed by atoms with E-state index in [0.717, 1.165) is 12.6 Å². The minimum absolute atomic E-state index is 0.199. The van der Waals surface area contributed by atoms with Gasteiger partial charge in [-0.25, -0.2) is 0 Å². The highest BCUT2D eigenvalue weighted by molar-refractivity contribution is 4.92. The molecule has 1 N–H and O–H groups in total. The van der Waals surface area contributed by atoms with Crippen LogP contribution in [0.15, 0.2) is 0 Å². The predicted molar refractivity (Wildman–Crippen MR) is 70.2 cm³/mol. The first kappa shape index (κ1) is 12.0. The van der Waals surface area contributed by atoms with Crippen molar-refractivity contribution in [1.82, 2.24) is 5.32 Å². The Kier molecular flexibility index (Phi) is 3.72. The van der Waals surface area contributed by atoms with Gasteiger partial charge in [0.1, 0.15) is 0 Å². The third-order valence-corrected chi connectivity index (χ3v) is 4.77. The van der Waals surface area contributed by atoms with Crippen LogP contribution in [0.1, 0.15) is 70.6 Å². The molecule has 0 aromatic carbocycles. The summed E-state index contributed by atoms with van der Waals surface area (Å²) in [4.78, 5) is 0. The van der Waals surface area contributed by atoms with E-state index in [1.165, 1.54) is 70.6 Å². The highest BCUT2D eigenvalue weighted by Gasteiger charge is 2.37. The number of nitrogens with one attached hydrogen (secondary N) is 1. The summed E-state index contributed by atoms with van der Waals surface area (Å²) in [5.41, 5.74) is 0.199. The van der Waals surface area contributed by atoms with Gasteiger partial charge in [-0.1, -0.05) is 25.7 Å². The summed E-state index contributed by atoms with van der Waals surface area (Å²) in [5, 5.41) is 3.72. The van der Waals surface area contributed by atoms with Gasteiger partial charge in [-0.3, -0.25) is 0 Å². The van der Waals surface area contributed by atoms with Crippen molar-refractivity contribution in [3.8, 4) is 0 Å². The van der Waals surface area contributed by atoms with Crippen molar-refractivity contribution < 1.29 is 4.74 Å². The zero-order valence-corrected chi connectivity index (χ0v) is 11.0. The van der Waals surface area contributed by atoms with E-state index in [-0.39, 0.29) is 5.60 Å². The fourth-order valence-corrected chi connectivity index (χ4v) is 3.17. The van der Waals surface area contributed by atoms with Crippen molar-refractivity contribution >= 4 is 0 Å². The SMILES string of the molecule is C1CCCC(CNC2CC2)(OC2CCC2)CC1. The van der Waals surface area contributed by atoms with Crippen LogP contribution < -0.4 is 5.32 Å². The third kappa shape index (κ3) is 3.23. The molecule has 0 aromatic rings. The molecule has 0 unspecified atom stereocenters. The lowest BCUT2D eigenvalue weighted by molar-refractivity contribution is -0.127. The average molecular weight is 237 g/mol. The van der Waals surface area contributed by atoms with Gasteiger partial charge in [0.05, 0.1) is 11.7 Å². The van der Waals surface area contributed by atoms with Crippen LogP contribution in [0.25, 0.3) is 0 Å². The Hall–Kier alpha value is -0.0800. The summed E-state index contributed by atoms with van der Waals surface area (Å²) >= 11 is 0. The molecule has 2 nitrogen and oxygen atoms in total. The van der Waals surface area contributed by atoms with E-state index in [2.05, 4.69) is 5.32 Å². The summed E-state index contributed by atoms with van der Waals surface area (Å²) < 4.78 is 6.51. The average Bonchev–Trinajstić information content (AvgIpc) is 3.09. The molecule has 0 spiro atoms. The summed E-state index contributed by atoms with van der Waals surface area (Å²) in [5.74, 6) is 0. The van der Waals surface area contributed by atoms with Gasteiger partial charge in [0.2, 0.25) is 0 Å². The first-order valence-electron chi connectivity index (χ1n) is 7.78. The van der Waals surface area contributed by atoms with E-state index in [1.54, 1.807) is 0 Å². The number of hydrogen-bond donors (Lipinski definition) is 1. The minimum Gasteiger partial charge on any atom is -0.370 e. The third-order valence-electron chi connectivity index (χ3n) is 4.77. The highest BCUT2D eigenvalue weighted by atomic mass is 16.5. The number of hydrogen-bond acceptors (Lipinski definition) is 2. The molecule has 2 heteroatoms. The maximum absolute atomic E-state index is 6.51. The molecule has 0 heterocycles. The van der Waals surface area contributed by atoms with Crippen molar-refractivity contribution in [3.63, 3.8) is 0 Å². The van der Waals surface area contributed by atoms with Gasteiger partial charge in [0, 0.05) is 12.6 Å². The fourth-order valence-electron chi connectivity index (χ4n) is 3.17. The molecule has 98 valence electrons. The van der Waals surface area contributed by atoms with Gasteiger partial charge < -0.3 is 10.1 Å². The molecule has 0 amide bonds. The van der Waals surface area contributed by atoms with Crippen molar-refractivity contribution in [3.05, 3.63) is 0 Å². The Balaban J connectivity index is 1.58. The summed E-state index contributed by atoms with van der Waals surface area (Å²) in [6.07, 6.45) is 15.5. The lowest BCUT2D eigenvalue weighted by Gasteiger charge is -2.40. The van der Waals surface area contributed by atoms with Crippen molar-refractivity contribution in [2.45, 2.75) is 88.4 Å². The van der Waals surface area contributed by atoms with Crippen LogP contribution in [0.4, 0.5) is 0 Å². The molecule has 3 aliphatic rings. The van der Waals surface area contributed by atoms with Gasteiger partial charge in [-0.05, 0) is 44.9 Å². The molecule has 17 heavy (non-hydrogen) atoms. The first-order valence-corrected chi connectivity index (χ1v) is 7.78. The zero-order valence-electron chi connectivity index (χ0n) is 11.0. The number of rotatable bonds is 5. The Labute approximate surface area is 105 Å². The largest absolute Gasteiger partial charge is 0.370 e. The lowest BCUT2D eigenvalue weighted by Crippen LogP contribution is -2.47. The van der Waals surface area contributed by atoms with E-state index in [4.69, 9.17) is 4.74 Å². The first-order chi connectivity index (χ1) is 8.36. The molecular weight excluding hydrogens is 210 g/mol. The Morgan fingerprint density at radius 2 is 1.59 bits per heavy atom. The van der Waals surface area contributed by atoms with Crippen molar-refractivity contribution in [2.24, 2.45) is 0 Å². The molecular formula is C15H27NO. The van der Waals surface area contributed by atoms with E-state index >= 15 is 0 Å². The van der Waals surface area contributed by atoms with Crippen LogP contribution in [0.3, 0.4) is 0 Å². The standard InChI is InChI=1S/C15H27NO/c1-2-4-11-15(10-3-1,12-16-13-8-9-13)17-14-6-5-7-14/h13-14,16H,1-12H2. The van der Waals surface area contributed by atoms with Crippen molar-refractivity contribution in [2.75, 3.05) is 6.54 Å². The predicted octanol–water partition coefficient (Wildman–Crippen LogP) is 3.40. The maximum atomic E-state index is 6.51. The van der Waals surface area contributed by atoms with Crippen LogP contribution in [0.5, 0.6) is 0 Å². The molecule has 0 saturated heterocycles. The summed E-state index contributed by atoms with van der Waals surface area (Å²) in [6, 6.07) is 0.820. The fraction of sp³-hybridized carbons (Fsp3) is 1.00. The highest BCUT2D eigenvalue weighted by Crippen LogP contribution is 2.36. The monoisotopic (exact) mass is 237 g/mol. The molecule has 0 atom stereocenters. The molecule has 0 bridgehead atoms. The molecule has 0 radical (unpaired) electrons. The van der Waals surface area contributed by atoms with Crippen LogP contribution >= 0.6 is 0 Å². The van der Waals surface area contributed by atoms with E-state index < -0.39 is 0 Å². The maximum Gasteiger partial charge on any atom is 0.0810 e. The molecule has 3 rings (SSSR count). The van der Waals surface area contributed by atoms with Crippen LogP contribution in [0.2, 0.25) is 0 Å². The molecule has 3 aliphatic carbocycles. The van der Waals surface area contributed by atoms with E-state index in [9.17, 15) is 0 Å². The van der Waals surface area contributed by atoms with E-state index in [1.807, 2.05) is 0 Å². The van der Waals surface area contributed by atoms with Gasteiger partial charge in [-0.15, -0.1) is 0 Å². The normalized spacial score (nSPS) is 29.6. The van der Waals surface area contributed by atoms with Crippen molar-refractivity contribution in [1.29, 1.82) is 0 Å². The number of ether oxygens (including phenoxy) is 1. The second-order valence-corrected chi connectivity index (χ2v) is 6.42. The Bertz CT molecular complexity index is 237. The second-order valence-electron chi connectivity index (χ2n) is 6.42. The summed E-state index contributed by atoms with van der Waals surface area (Å²) in [6.45, 7) is 1.12. The smallest absolute Gasteiger partial charge is 0.0810 e. The van der Waals surface area contributed by atoms with E-state index in [0.29, 0.717) is 6.10 Å². The van der Waals surface area contributed by atoms with Gasteiger partial charge in [-0.2, -0.15) is 0 Å². The minimum atomic E-state index is 0.199. The molecule has 0 aliphatic heterocycles. The molecule has 0 aromatic heterocycles. The van der Waals surface area contributed by atoms with Crippen LogP contribution in [-0.2, 0) is 4.74 Å².